The van der Waals surface area contributed by atoms with Crippen LogP contribution in [0.2, 0.25) is 150 Å². The molecule has 7 rings (SSSR count). The molecule has 40 heteroatoms. The molecular weight excluding hydrogens is 1210 g/mol. The molecule has 0 saturated carbocycles. The van der Waals surface area contributed by atoms with E-state index in [0.717, 1.165) is 0 Å². The van der Waals surface area contributed by atoms with Gasteiger partial charge in [-0.1, -0.05) is 6.42 Å². The maximum atomic E-state index is 12.7. The predicted molar refractivity (Wildman–Crippen MR) is 288 cm³/mol. The van der Waals surface area contributed by atoms with Crippen molar-refractivity contribution in [1.29, 1.82) is 0 Å². The Morgan fingerprint density at radius 2 is 0.620 bits per heavy atom. The molecule has 0 amide bonds. The van der Waals surface area contributed by atoms with Gasteiger partial charge in [-0.3, -0.25) is 9.59 Å². The van der Waals surface area contributed by atoms with Gasteiger partial charge in [0.05, 0.1) is 12.3 Å². The Balaban J connectivity index is 1.78. The standard InChI is InChI=1S/C31H80O24Si16/c1-24-34-63(23,27-25-26-29-28-30(32)35-31(29)33)43-71-53-68(40-60(14,15)16)47-65(37-57(5,6)7)44-64(36-56(2,3)4)45-66(49-68,38-58(8,9)10)51-70(55-71,42-62(20,21)22)52-67(46-64,39-59(11,12)13)50-69(48-65,54-71)41-61(17,18)19/h29H,24-28H2,1-23H3. The number of rotatable bonds is 22. The highest BCUT2D eigenvalue weighted by atomic mass is 28.7. The average molecular weight is 1290 g/mol. The molecule has 24 nitrogen and oxygen atoms in total. The number of cyclic esters (lactones) is 2. The summed E-state index contributed by atoms with van der Waals surface area (Å²) >= 11 is 0. The van der Waals surface area contributed by atoms with Crippen molar-refractivity contribution in [3.63, 3.8) is 0 Å². The van der Waals surface area contributed by atoms with Crippen molar-refractivity contribution < 1.29 is 101 Å². The van der Waals surface area contributed by atoms with Crippen LogP contribution in [0.3, 0.4) is 0 Å². The third-order valence-electron chi connectivity index (χ3n) is 8.95. The van der Waals surface area contributed by atoms with Crippen molar-refractivity contribution >= 4 is 151 Å². The summed E-state index contributed by atoms with van der Waals surface area (Å²) in [6.07, 6.45) is 0.607. The van der Waals surface area contributed by atoms with Gasteiger partial charge >= 0.3 is 92.9 Å². The average Bonchev–Trinajstić information content (AvgIpc) is 3.30. The highest BCUT2D eigenvalue weighted by Crippen LogP contribution is 2.53. The Kier molecular flexibility index (Phi) is 17.5. The topological polar surface area (TPSA) is 237 Å². The molecule has 7 fully saturated rings. The van der Waals surface area contributed by atoms with E-state index in [1.165, 1.54) is 0 Å². The molecule has 2 atom stereocenters. The highest BCUT2D eigenvalue weighted by Gasteiger charge is 2.92. The lowest BCUT2D eigenvalue weighted by atomic mass is 10.0. The minimum atomic E-state index is -5.41. The molecule has 7 saturated heterocycles. The van der Waals surface area contributed by atoms with Crippen molar-refractivity contribution in [1.82, 2.24) is 0 Å². The summed E-state index contributed by atoms with van der Waals surface area (Å²) in [7, 11) is -66.3. The van der Waals surface area contributed by atoms with E-state index in [1.54, 1.807) is 6.55 Å². The van der Waals surface area contributed by atoms with Crippen molar-refractivity contribution in [3.8, 4) is 0 Å². The first-order valence-electron chi connectivity index (χ1n) is 24.0. The maximum Gasteiger partial charge on any atom is 0.653 e. The molecule has 0 spiro atoms. The van der Waals surface area contributed by atoms with E-state index in [-0.39, 0.29) is 19.1 Å². The molecular formula is C31H80O24Si16. The summed E-state index contributed by atoms with van der Waals surface area (Å²) in [6.45, 7) is 44.1. The zero-order valence-electron chi connectivity index (χ0n) is 45.9. The van der Waals surface area contributed by atoms with E-state index in [0.29, 0.717) is 12.8 Å². The fraction of sp³-hybridized carbons (Fsp3) is 0.935. The first-order chi connectivity index (χ1) is 31.6. The Labute approximate surface area is 438 Å². The van der Waals surface area contributed by atoms with E-state index >= 15 is 0 Å². The van der Waals surface area contributed by atoms with Gasteiger partial charge < -0.3 is 91.5 Å². The van der Waals surface area contributed by atoms with Gasteiger partial charge in [0.25, 0.3) is 0 Å². The van der Waals surface area contributed by atoms with Crippen LogP contribution in [0.25, 0.3) is 0 Å². The molecule has 0 aromatic heterocycles. The molecule has 71 heavy (non-hydrogen) atoms. The second-order valence-corrected chi connectivity index (χ2v) is 81.9. The van der Waals surface area contributed by atoms with Crippen LogP contribution in [0.5, 0.6) is 0 Å². The molecule has 0 aromatic rings. The lowest BCUT2D eigenvalue weighted by Crippen LogP contribution is -2.93. The fourth-order valence-corrected chi connectivity index (χ4v) is 73.7. The van der Waals surface area contributed by atoms with E-state index in [1.807, 2.05) is 144 Å². The Hall–Kier alpha value is 1.77. The number of carbonyl (C=O) groups is 2. The lowest BCUT2D eigenvalue weighted by Gasteiger charge is -2.60. The summed E-state index contributed by atoms with van der Waals surface area (Å²) in [5.74, 6) is -1.80. The second-order valence-electron chi connectivity index (χ2n) is 25.0. The van der Waals surface area contributed by atoms with Gasteiger partial charge in [0, 0.05) is 6.61 Å². The summed E-state index contributed by atoms with van der Waals surface area (Å²) in [4.78, 5) is 24.8. The first kappa shape index (κ1) is 62.0. The number of esters is 2. The van der Waals surface area contributed by atoms with E-state index < -0.39 is 157 Å². The molecule has 412 valence electrons. The summed E-state index contributed by atoms with van der Waals surface area (Å²) in [5.41, 5.74) is 0. The van der Waals surface area contributed by atoms with Crippen LogP contribution in [-0.4, -0.2) is 158 Å². The Bertz CT molecular complexity index is 1800. The maximum absolute atomic E-state index is 12.7. The van der Waals surface area contributed by atoms with Crippen molar-refractivity contribution in [2.24, 2.45) is 5.92 Å². The van der Waals surface area contributed by atoms with Crippen LogP contribution in [0.4, 0.5) is 0 Å². The van der Waals surface area contributed by atoms with Crippen LogP contribution in [0, 0.1) is 5.92 Å². The molecule has 0 radical (unpaired) electrons. The van der Waals surface area contributed by atoms with Crippen molar-refractivity contribution in [2.45, 2.75) is 176 Å². The summed E-state index contributed by atoms with van der Waals surface area (Å²) in [6, 6.07) is 0.217. The molecule has 0 N–H and O–H groups in total. The van der Waals surface area contributed by atoms with E-state index in [2.05, 4.69) is 0 Å². The Morgan fingerprint density at radius 1 is 0.394 bits per heavy atom. The molecule has 2 unspecified atom stereocenters. The zero-order valence-corrected chi connectivity index (χ0v) is 61.9. The molecule has 8 bridgehead atoms. The minimum absolute atomic E-state index is 0.0359. The molecule has 7 aliphatic rings. The van der Waals surface area contributed by atoms with Crippen LogP contribution in [0.1, 0.15) is 26.2 Å². The van der Waals surface area contributed by atoms with Crippen LogP contribution in [-0.2, 0) is 101 Å². The van der Waals surface area contributed by atoms with Gasteiger partial charge in [0.2, 0.25) is 0 Å². The first-order valence-corrected chi connectivity index (χ1v) is 63.4. The largest absolute Gasteiger partial charge is 0.653 e. The van der Waals surface area contributed by atoms with Gasteiger partial charge in [0.1, 0.15) is 0 Å². The van der Waals surface area contributed by atoms with E-state index in [4.69, 9.17) is 91.5 Å². The van der Waals surface area contributed by atoms with Crippen molar-refractivity contribution in [2.75, 3.05) is 6.61 Å². The van der Waals surface area contributed by atoms with Crippen LogP contribution >= 0.6 is 0 Å². The number of carbonyl (C=O) groups excluding carboxylic acids is 2. The SMILES string of the molecule is CCO[Si](C)(CCCC1CC(=O)OC1=O)O[Si]12O[Si]3(O[Si](C)(C)C)O[Si]4(O[Si](C)(C)C)O[Si]5(O[Si](C)(C)C)O[Si](O[Si](C)(C)C)(O3)O[Si](O[Si](C)(C)C)(O[Si](O[Si](C)(C)C)(O5)O[Si](O[Si](C)(C)C)(O4)O1)O2. The van der Waals surface area contributed by atoms with Gasteiger partial charge in [-0.25, -0.2) is 0 Å². The number of ether oxygens (including phenoxy) is 1. The molecule has 7 heterocycles. The van der Waals surface area contributed by atoms with Crippen LogP contribution < -0.4 is 0 Å². The molecule has 0 aromatic carbocycles. The minimum Gasteiger partial charge on any atom is -0.396 e. The smallest absolute Gasteiger partial charge is 0.396 e. The predicted octanol–water partition coefficient (Wildman–Crippen LogP) is 6.69. The number of hydrogen-bond acceptors (Lipinski definition) is 24. The summed E-state index contributed by atoms with van der Waals surface area (Å²) in [5, 5.41) is 0. The Morgan fingerprint density at radius 3 is 0.803 bits per heavy atom. The third kappa shape index (κ3) is 16.7. The number of hydrogen-bond donors (Lipinski definition) is 0. The molecule has 7 aliphatic heterocycles. The van der Waals surface area contributed by atoms with Crippen LogP contribution in [0.15, 0.2) is 0 Å². The van der Waals surface area contributed by atoms with E-state index in [9.17, 15) is 9.59 Å². The van der Waals surface area contributed by atoms with Gasteiger partial charge in [-0.2, -0.15) is 0 Å². The normalized spacial score (nSPS) is 38.1. The van der Waals surface area contributed by atoms with Gasteiger partial charge in [-0.05, 0) is 163 Å². The quantitative estimate of drug-likeness (QED) is 0.0623. The lowest BCUT2D eigenvalue weighted by molar-refractivity contribution is -0.153. The van der Waals surface area contributed by atoms with Crippen molar-refractivity contribution in [3.05, 3.63) is 0 Å². The zero-order chi connectivity index (χ0) is 53.8. The van der Waals surface area contributed by atoms with Gasteiger partial charge in [0.15, 0.2) is 58.2 Å². The second kappa shape index (κ2) is 20.1. The summed E-state index contributed by atoms with van der Waals surface area (Å²) < 4.78 is 159. The third-order valence-corrected chi connectivity index (χ3v) is 62.0. The fourth-order valence-electron chi connectivity index (χ4n) is 7.60. The molecule has 0 aliphatic carbocycles. The van der Waals surface area contributed by atoms with Gasteiger partial charge in [-0.15, -0.1) is 0 Å². The monoisotopic (exact) mass is 1280 g/mol. The highest BCUT2D eigenvalue weighted by molar-refractivity contribution is 7.04.